The lowest BCUT2D eigenvalue weighted by Gasteiger charge is -2.16. The van der Waals surface area contributed by atoms with Gasteiger partial charge in [0.1, 0.15) is 6.61 Å². The Bertz CT molecular complexity index is 686. The molecule has 2 aromatic rings. The van der Waals surface area contributed by atoms with Crippen molar-refractivity contribution in [2.75, 3.05) is 13.2 Å². The van der Waals surface area contributed by atoms with Gasteiger partial charge in [-0.3, -0.25) is 0 Å². The first kappa shape index (κ1) is 19.6. The molecule has 0 fully saturated rings. The summed E-state index contributed by atoms with van der Waals surface area (Å²) in [5.41, 5.74) is 3.42. The topological polar surface area (TPSA) is 30.5 Å². The van der Waals surface area contributed by atoms with E-state index in [0.717, 1.165) is 24.2 Å². The normalized spacial score (nSPS) is 11.0. The molecule has 3 nitrogen and oxygen atoms in total. The first-order valence-corrected chi connectivity index (χ1v) is 9.21. The van der Waals surface area contributed by atoms with Crippen LogP contribution >= 0.6 is 11.6 Å². The molecule has 0 aliphatic carbocycles. The van der Waals surface area contributed by atoms with Crippen LogP contribution in [-0.4, -0.2) is 13.2 Å². The molecule has 136 valence electrons. The predicted molar refractivity (Wildman–Crippen MR) is 105 cm³/mol. The van der Waals surface area contributed by atoms with E-state index in [1.807, 2.05) is 31.2 Å². The highest BCUT2D eigenvalue weighted by Gasteiger charge is 2.13. The molecule has 0 atom stereocenters. The summed E-state index contributed by atoms with van der Waals surface area (Å²) in [5.74, 6) is 1.92. The maximum atomic E-state index is 6.48. The summed E-state index contributed by atoms with van der Waals surface area (Å²) in [6.07, 6.45) is 0. The Morgan fingerprint density at radius 2 is 1.88 bits per heavy atom. The Hall–Kier alpha value is -1.71. The van der Waals surface area contributed by atoms with Crippen molar-refractivity contribution < 1.29 is 9.47 Å². The van der Waals surface area contributed by atoms with Gasteiger partial charge in [0.25, 0.3) is 0 Å². The molecule has 0 aliphatic rings. The lowest BCUT2D eigenvalue weighted by atomic mass is 10.1. The van der Waals surface area contributed by atoms with E-state index in [9.17, 15) is 0 Å². The summed E-state index contributed by atoms with van der Waals surface area (Å²) in [6, 6.07) is 12.2. The number of hydrogen-bond acceptors (Lipinski definition) is 3. The molecule has 4 heteroatoms. The molecule has 0 unspecified atom stereocenters. The highest BCUT2D eigenvalue weighted by Crippen LogP contribution is 2.37. The van der Waals surface area contributed by atoms with Gasteiger partial charge in [0.15, 0.2) is 11.5 Å². The van der Waals surface area contributed by atoms with Gasteiger partial charge in [-0.1, -0.05) is 55.3 Å². The lowest BCUT2D eigenvalue weighted by Crippen LogP contribution is -2.19. The van der Waals surface area contributed by atoms with E-state index in [1.54, 1.807) is 0 Å². The van der Waals surface area contributed by atoms with Crippen LogP contribution in [0.5, 0.6) is 11.5 Å². The van der Waals surface area contributed by atoms with Crippen LogP contribution in [0.3, 0.4) is 0 Å². The van der Waals surface area contributed by atoms with E-state index in [0.29, 0.717) is 35.7 Å². The molecule has 0 aliphatic heterocycles. The number of ether oxygens (including phenoxy) is 2. The molecule has 0 spiro atoms. The fourth-order valence-electron chi connectivity index (χ4n) is 2.59. The van der Waals surface area contributed by atoms with Crippen molar-refractivity contribution in [1.29, 1.82) is 0 Å². The van der Waals surface area contributed by atoms with Crippen LogP contribution in [0.25, 0.3) is 0 Å². The van der Waals surface area contributed by atoms with Gasteiger partial charge in [0, 0.05) is 6.54 Å². The molecular formula is C21H28ClNO2. The average Bonchev–Trinajstić information content (AvgIpc) is 2.54. The lowest BCUT2D eigenvalue weighted by molar-refractivity contribution is 0.269. The van der Waals surface area contributed by atoms with Crippen molar-refractivity contribution in [2.45, 2.75) is 40.8 Å². The summed E-state index contributed by atoms with van der Waals surface area (Å²) in [4.78, 5) is 0. The molecule has 0 aromatic heterocycles. The first-order chi connectivity index (χ1) is 12.0. The maximum Gasteiger partial charge on any atom is 0.180 e. The third-order valence-corrected chi connectivity index (χ3v) is 4.00. The van der Waals surface area contributed by atoms with Crippen LogP contribution < -0.4 is 14.8 Å². The van der Waals surface area contributed by atoms with Gasteiger partial charge in [-0.25, -0.2) is 0 Å². The van der Waals surface area contributed by atoms with Gasteiger partial charge in [-0.05, 0) is 49.6 Å². The Morgan fingerprint density at radius 3 is 2.56 bits per heavy atom. The number of nitrogens with one attached hydrogen (secondary N) is 1. The summed E-state index contributed by atoms with van der Waals surface area (Å²) in [5, 5.41) is 4.01. The third kappa shape index (κ3) is 6.26. The summed E-state index contributed by atoms with van der Waals surface area (Å²) < 4.78 is 11.7. The number of halogens is 1. The molecule has 0 radical (unpaired) electrons. The van der Waals surface area contributed by atoms with Crippen molar-refractivity contribution in [3.63, 3.8) is 0 Å². The van der Waals surface area contributed by atoms with E-state index in [4.69, 9.17) is 21.1 Å². The summed E-state index contributed by atoms with van der Waals surface area (Å²) in [6.45, 7) is 11.2. The standard InChI is InChI=1S/C21H28ClNO2/c1-5-24-20-11-18(13-23-12-15(2)3)10-19(22)21(20)25-14-17-8-6-7-16(4)9-17/h6-11,15,23H,5,12-14H2,1-4H3. The van der Waals surface area contributed by atoms with Crippen LogP contribution in [0.4, 0.5) is 0 Å². The van der Waals surface area contributed by atoms with E-state index in [1.165, 1.54) is 5.56 Å². The zero-order chi connectivity index (χ0) is 18.2. The van der Waals surface area contributed by atoms with Crippen LogP contribution in [0.15, 0.2) is 36.4 Å². The summed E-state index contributed by atoms with van der Waals surface area (Å²) >= 11 is 6.48. The summed E-state index contributed by atoms with van der Waals surface area (Å²) in [7, 11) is 0. The van der Waals surface area contributed by atoms with Crippen molar-refractivity contribution in [2.24, 2.45) is 5.92 Å². The van der Waals surface area contributed by atoms with Crippen molar-refractivity contribution >= 4 is 11.6 Å². The minimum absolute atomic E-state index is 0.465. The van der Waals surface area contributed by atoms with Gasteiger partial charge in [0.05, 0.1) is 11.6 Å². The maximum absolute atomic E-state index is 6.48. The average molecular weight is 362 g/mol. The first-order valence-electron chi connectivity index (χ1n) is 8.83. The highest BCUT2D eigenvalue weighted by atomic mass is 35.5. The second kappa shape index (κ2) is 9.69. The molecule has 0 amide bonds. The number of benzene rings is 2. The smallest absolute Gasteiger partial charge is 0.180 e. The zero-order valence-electron chi connectivity index (χ0n) is 15.6. The van der Waals surface area contributed by atoms with E-state index >= 15 is 0 Å². The zero-order valence-corrected chi connectivity index (χ0v) is 16.3. The monoisotopic (exact) mass is 361 g/mol. The van der Waals surface area contributed by atoms with Gasteiger partial charge < -0.3 is 14.8 Å². The molecule has 2 rings (SSSR count). The number of hydrogen-bond donors (Lipinski definition) is 1. The molecule has 2 aromatic carbocycles. The number of rotatable bonds is 9. The van der Waals surface area contributed by atoms with E-state index < -0.39 is 0 Å². The second-order valence-electron chi connectivity index (χ2n) is 6.64. The van der Waals surface area contributed by atoms with E-state index in [2.05, 4.69) is 38.2 Å². The fourth-order valence-corrected chi connectivity index (χ4v) is 2.88. The van der Waals surface area contributed by atoms with Crippen LogP contribution in [-0.2, 0) is 13.2 Å². The fraction of sp³-hybridized carbons (Fsp3) is 0.429. The van der Waals surface area contributed by atoms with Crippen molar-refractivity contribution in [3.05, 3.63) is 58.1 Å². The molecule has 0 bridgehead atoms. The van der Waals surface area contributed by atoms with Gasteiger partial charge >= 0.3 is 0 Å². The quantitative estimate of drug-likeness (QED) is 0.651. The molecule has 0 heterocycles. The van der Waals surface area contributed by atoms with Crippen LogP contribution in [0.2, 0.25) is 5.02 Å². The predicted octanol–water partition coefficient (Wildman–Crippen LogP) is 5.37. The molecule has 0 saturated carbocycles. The molecular weight excluding hydrogens is 334 g/mol. The SMILES string of the molecule is CCOc1cc(CNCC(C)C)cc(Cl)c1OCc1cccc(C)c1. The molecule has 25 heavy (non-hydrogen) atoms. The Kier molecular flexibility index (Phi) is 7.60. The second-order valence-corrected chi connectivity index (χ2v) is 7.05. The minimum atomic E-state index is 0.465. The number of aryl methyl sites for hydroxylation is 1. The Labute approximate surface area is 156 Å². The van der Waals surface area contributed by atoms with Crippen molar-refractivity contribution in [1.82, 2.24) is 5.32 Å². The Morgan fingerprint density at radius 1 is 1.08 bits per heavy atom. The molecule has 0 saturated heterocycles. The van der Waals surface area contributed by atoms with Gasteiger partial charge in [-0.2, -0.15) is 0 Å². The van der Waals surface area contributed by atoms with Crippen LogP contribution in [0, 0.1) is 12.8 Å². The van der Waals surface area contributed by atoms with Crippen LogP contribution in [0.1, 0.15) is 37.5 Å². The minimum Gasteiger partial charge on any atom is -0.490 e. The van der Waals surface area contributed by atoms with E-state index in [-0.39, 0.29) is 0 Å². The largest absolute Gasteiger partial charge is 0.490 e. The molecule has 1 N–H and O–H groups in total. The van der Waals surface area contributed by atoms with Gasteiger partial charge in [-0.15, -0.1) is 0 Å². The van der Waals surface area contributed by atoms with Gasteiger partial charge in [0.2, 0.25) is 0 Å². The van der Waals surface area contributed by atoms with Crippen molar-refractivity contribution in [3.8, 4) is 11.5 Å². The third-order valence-electron chi connectivity index (χ3n) is 3.72. The highest BCUT2D eigenvalue weighted by molar-refractivity contribution is 6.32. The Balaban J connectivity index is 2.12.